The predicted octanol–water partition coefficient (Wildman–Crippen LogP) is 4.08. The van der Waals surface area contributed by atoms with Crippen molar-refractivity contribution in [1.29, 1.82) is 0 Å². The molecule has 0 saturated carbocycles. The monoisotopic (exact) mass is 318 g/mol. The average Bonchev–Trinajstić information content (AvgIpc) is 2.53. The van der Waals surface area contributed by atoms with Gasteiger partial charge in [0.1, 0.15) is 0 Å². The predicted molar refractivity (Wildman–Crippen MR) is 85.1 cm³/mol. The fraction of sp³-hybridized carbons (Fsp3) is 0.188. The fourth-order valence-corrected chi connectivity index (χ4v) is 2.22. The number of hydrogen-bond donors (Lipinski definition) is 0. The first kappa shape index (κ1) is 16.0. The van der Waals surface area contributed by atoms with Crippen molar-refractivity contribution in [3.63, 3.8) is 0 Å². The zero-order valence-electron chi connectivity index (χ0n) is 12.2. The summed E-state index contributed by atoms with van der Waals surface area (Å²) in [7, 11) is 1.67. The zero-order chi connectivity index (χ0) is 16.3. The van der Waals surface area contributed by atoms with E-state index in [9.17, 15) is 14.9 Å². The number of carbonyl (C=O) groups excluding carboxylic acids is 1. The summed E-state index contributed by atoms with van der Waals surface area (Å²) in [5, 5.41) is 11.4. The molecular formula is C16H15ClN2O3. The Hall–Kier alpha value is -2.40. The van der Waals surface area contributed by atoms with Crippen LogP contribution in [0.1, 0.15) is 28.9 Å². The summed E-state index contributed by atoms with van der Waals surface area (Å²) < 4.78 is 0. The molecule has 0 aromatic heterocycles. The normalized spacial score (nSPS) is 11.8. The summed E-state index contributed by atoms with van der Waals surface area (Å²) in [5.41, 5.74) is 1.24. The van der Waals surface area contributed by atoms with Crippen LogP contribution in [0.15, 0.2) is 48.5 Å². The molecule has 0 aliphatic heterocycles. The maximum absolute atomic E-state index is 12.4. The van der Waals surface area contributed by atoms with Gasteiger partial charge >= 0.3 is 0 Å². The minimum atomic E-state index is -0.447. The van der Waals surface area contributed by atoms with Gasteiger partial charge in [-0.1, -0.05) is 23.7 Å². The molecule has 0 bridgehead atoms. The van der Waals surface area contributed by atoms with Crippen LogP contribution in [0.5, 0.6) is 0 Å². The number of nitro benzene ring substituents is 1. The standard InChI is InChI=1S/C16H15ClN2O3/c1-11(13-4-3-5-15(10-13)19(21)22)18(2)16(20)12-6-8-14(17)9-7-12/h3-11H,1-2H3/t11-/m1/s1. The Kier molecular flexibility index (Phi) is 4.78. The summed E-state index contributed by atoms with van der Waals surface area (Å²) in [6, 6.07) is 12.6. The van der Waals surface area contributed by atoms with Crippen LogP contribution in [-0.4, -0.2) is 22.8 Å². The Morgan fingerprint density at radius 2 is 1.86 bits per heavy atom. The second-order valence-electron chi connectivity index (χ2n) is 4.95. The van der Waals surface area contributed by atoms with Gasteiger partial charge in [0.25, 0.3) is 11.6 Å². The smallest absolute Gasteiger partial charge is 0.269 e. The Labute approximate surface area is 133 Å². The summed E-state index contributed by atoms with van der Waals surface area (Å²) >= 11 is 5.81. The lowest BCUT2D eigenvalue weighted by molar-refractivity contribution is -0.384. The van der Waals surface area contributed by atoms with Gasteiger partial charge in [-0.25, -0.2) is 0 Å². The van der Waals surface area contributed by atoms with E-state index in [0.717, 1.165) is 0 Å². The molecule has 2 rings (SSSR count). The molecule has 0 unspecified atom stereocenters. The van der Waals surface area contributed by atoms with Crippen molar-refractivity contribution in [2.75, 3.05) is 7.05 Å². The van der Waals surface area contributed by atoms with Crippen molar-refractivity contribution in [2.24, 2.45) is 0 Å². The van der Waals surface area contributed by atoms with Gasteiger partial charge in [0, 0.05) is 29.8 Å². The molecule has 0 N–H and O–H groups in total. The third-order valence-electron chi connectivity index (χ3n) is 3.56. The maximum Gasteiger partial charge on any atom is 0.269 e. The first-order valence-electron chi connectivity index (χ1n) is 6.67. The Balaban J connectivity index is 2.22. The van der Waals surface area contributed by atoms with Gasteiger partial charge in [0.05, 0.1) is 11.0 Å². The van der Waals surface area contributed by atoms with E-state index in [1.807, 2.05) is 6.92 Å². The number of hydrogen-bond acceptors (Lipinski definition) is 3. The quantitative estimate of drug-likeness (QED) is 0.630. The van der Waals surface area contributed by atoms with Gasteiger partial charge in [-0.2, -0.15) is 0 Å². The van der Waals surface area contributed by atoms with Gasteiger partial charge in [-0.15, -0.1) is 0 Å². The Morgan fingerprint density at radius 1 is 1.23 bits per heavy atom. The van der Waals surface area contributed by atoms with Crippen LogP contribution in [0.2, 0.25) is 5.02 Å². The first-order chi connectivity index (χ1) is 10.4. The van der Waals surface area contributed by atoms with E-state index < -0.39 is 4.92 Å². The van der Waals surface area contributed by atoms with Gasteiger partial charge in [-0.3, -0.25) is 14.9 Å². The molecule has 0 saturated heterocycles. The Bertz CT molecular complexity index is 701. The van der Waals surface area contributed by atoms with Crippen LogP contribution < -0.4 is 0 Å². The molecule has 2 aromatic rings. The molecule has 5 nitrogen and oxygen atoms in total. The van der Waals surface area contributed by atoms with E-state index in [1.165, 1.54) is 12.1 Å². The van der Waals surface area contributed by atoms with Gasteiger partial charge < -0.3 is 4.90 Å². The third kappa shape index (κ3) is 3.43. The number of non-ortho nitro benzene ring substituents is 1. The molecule has 1 atom stereocenters. The van der Waals surface area contributed by atoms with Crippen LogP contribution in [0, 0.1) is 10.1 Å². The van der Waals surface area contributed by atoms with Crippen molar-refractivity contribution in [2.45, 2.75) is 13.0 Å². The van der Waals surface area contributed by atoms with E-state index in [2.05, 4.69) is 0 Å². The minimum Gasteiger partial charge on any atom is -0.335 e. The number of benzene rings is 2. The highest BCUT2D eigenvalue weighted by molar-refractivity contribution is 6.30. The van der Waals surface area contributed by atoms with Crippen LogP contribution >= 0.6 is 11.6 Å². The van der Waals surface area contributed by atoms with Crippen molar-refractivity contribution in [3.8, 4) is 0 Å². The highest BCUT2D eigenvalue weighted by Gasteiger charge is 2.20. The molecule has 0 spiro atoms. The molecule has 22 heavy (non-hydrogen) atoms. The van der Waals surface area contributed by atoms with E-state index in [1.54, 1.807) is 48.3 Å². The number of rotatable bonds is 4. The van der Waals surface area contributed by atoms with E-state index in [-0.39, 0.29) is 17.6 Å². The lowest BCUT2D eigenvalue weighted by atomic mass is 10.1. The molecule has 0 heterocycles. The topological polar surface area (TPSA) is 63.5 Å². The molecule has 0 radical (unpaired) electrons. The second-order valence-corrected chi connectivity index (χ2v) is 5.39. The number of amides is 1. The molecule has 2 aromatic carbocycles. The van der Waals surface area contributed by atoms with Crippen molar-refractivity contribution >= 4 is 23.2 Å². The van der Waals surface area contributed by atoms with Gasteiger partial charge in [0.15, 0.2) is 0 Å². The van der Waals surface area contributed by atoms with E-state index >= 15 is 0 Å². The fourth-order valence-electron chi connectivity index (χ4n) is 2.09. The lowest BCUT2D eigenvalue weighted by Gasteiger charge is -2.25. The summed E-state index contributed by atoms with van der Waals surface area (Å²) in [4.78, 5) is 24.4. The maximum atomic E-state index is 12.4. The van der Waals surface area contributed by atoms with Crippen LogP contribution in [0.3, 0.4) is 0 Å². The van der Waals surface area contributed by atoms with Crippen molar-refractivity contribution in [3.05, 3.63) is 74.8 Å². The minimum absolute atomic E-state index is 0.0108. The Morgan fingerprint density at radius 3 is 2.45 bits per heavy atom. The lowest BCUT2D eigenvalue weighted by Crippen LogP contribution is -2.29. The second kappa shape index (κ2) is 6.58. The average molecular weight is 319 g/mol. The SMILES string of the molecule is C[C@H](c1cccc([N+](=O)[O-])c1)N(C)C(=O)c1ccc(Cl)cc1. The largest absolute Gasteiger partial charge is 0.335 e. The van der Waals surface area contributed by atoms with Crippen molar-refractivity contribution < 1.29 is 9.72 Å². The summed E-state index contributed by atoms with van der Waals surface area (Å²) in [6.07, 6.45) is 0. The zero-order valence-corrected chi connectivity index (χ0v) is 12.9. The first-order valence-corrected chi connectivity index (χ1v) is 7.05. The van der Waals surface area contributed by atoms with E-state index in [4.69, 9.17) is 11.6 Å². The molecule has 114 valence electrons. The highest BCUT2D eigenvalue weighted by atomic mass is 35.5. The number of nitrogens with zero attached hydrogens (tertiary/aromatic N) is 2. The van der Waals surface area contributed by atoms with E-state index in [0.29, 0.717) is 16.1 Å². The number of nitro groups is 1. The molecule has 0 aliphatic carbocycles. The number of halogens is 1. The van der Waals surface area contributed by atoms with Crippen molar-refractivity contribution in [1.82, 2.24) is 4.90 Å². The van der Waals surface area contributed by atoms with Gasteiger partial charge in [0.2, 0.25) is 0 Å². The molecule has 0 aliphatic rings. The van der Waals surface area contributed by atoms with Crippen LogP contribution in [-0.2, 0) is 0 Å². The summed E-state index contributed by atoms with van der Waals surface area (Å²) in [6.45, 7) is 1.83. The van der Waals surface area contributed by atoms with Crippen LogP contribution in [0.25, 0.3) is 0 Å². The molecule has 6 heteroatoms. The molecular weight excluding hydrogens is 304 g/mol. The molecule has 0 fully saturated rings. The third-order valence-corrected chi connectivity index (χ3v) is 3.81. The number of carbonyl (C=O) groups is 1. The summed E-state index contributed by atoms with van der Waals surface area (Å²) in [5.74, 6) is -0.171. The highest BCUT2D eigenvalue weighted by Crippen LogP contribution is 2.24. The molecule has 1 amide bonds. The van der Waals surface area contributed by atoms with Crippen LogP contribution in [0.4, 0.5) is 5.69 Å². The van der Waals surface area contributed by atoms with Gasteiger partial charge in [-0.05, 0) is 36.8 Å².